The van der Waals surface area contributed by atoms with Crippen molar-refractivity contribution in [3.63, 3.8) is 0 Å². The number of guanidine groups is 1. The molecule has 1 atom stereocenters. The molecule has 1 aliphatic heterocycles. The van der Waals surface area contributed by atoms with Crippen LogP contribution in [0, 0.1) is 0 Å². The molecule has 0 bridgehead atoms. The number of hydrogen-bond acceptors (Lipinski definition) is 4. The molecule has 0 amide bonds. The second-order valence-electron chi connectivity index (χ2n) is 6.40. The Kier molecular flexibility index (Phi) is 9.28. The van der Waals surface area contributed by atoms with Crippen LogP contribution in [0.15, 0.2) is 29.3 Å². The molecule has 146 valence electrons. The molecule has 0 spiro atoms. The molecule has 0 aromatic heterocycles. The molecule has 26 heavy (non-hydrogen) atoms. The van der Waals surface area contributed by atoms with Gasteiger partial charge in [-0.05, 0) is 37.5 Å². The van der Waals surface area contributed by atoms with Crippen LogP contribution in [-0.4, -0.2) is 71.1 Å². The highest BCUT2D eigenvalue weighted by Gasteiger charge is 2.25. The van der Waals surface area contributed by atoms with Gasteiger partial charge in [-0.1, -0.05) is 12.1 Å². The van der Waals surface area contributed by atoms with Gasteiger partial charge in [-0.2, -0.15) is 0 Å². The van der Waals surface area contributed by atoms with E-state index in [2.05, 4.69) is 29.3 Å². The van der Waals surface area contributed by atoms with Gasteiger partial charge in [-0.15, -0.1) is 0 Å². The van der Waals surface area contributed by atoms with E-state index in [1.165, 1.54) is 5.56 Å². The van der Waals surface area contributed by atoms with Crippen LogP contribution in [-0.2, 0) is 9.47 Å². The molecule has 6 heteroatoms. The second-order valence-corrected chi connectivity index (χ2v) is 6.40. The number of methoxy groups -OCH3 is 2. The van der Waals surface area contributed by atoms with Gasteiger partial charge in [-0.3, -0.25) is 4.99 Å². The van der Waals surface area contributed by atoms with Crippen LogP contribution in [0.4, 0.5) is 0 Å². The van der Waals surface area contributed by atoms with E-state index in [4.69, 9.17) is 19.2 Å². The third-order valence-corrected chi connectivity index (χ3v) is 4.55. The highest BCUT2D eigenvalue weighted by atomic mass is 16.5. The first-order chi connectivity index (χ1) is 12.8. The number of nitrogens with zero attached hydrogens (tertiary/aromatic N) is 2. The Morgan fingerprint density at radius 3 is 2.69 bits per heavy atom. The third-order valence-electron chi connectivity index (χ3n) is 4.55. The van der Waals surface area contributed by atoms with E-state index in [0.717, 1.165) is 57.3 Å². The van der Waals surface area contributed by atoms with E-state index in [-0.39, 0.29) is 0 Å². The highest BCUT2D eigenvalue weighted by molar-refractivity contribution is 5.80. The molecule has 1 N–H and O–H groups in total. The Morgan fingerprint density at radius 1 is 1.19 bits per heavy atom. The Labute approximate surface area is 157 Å². The van der Waals surface area contributed by atoms with Gasteiger partial charge >= 0.3 is 0 Å². The first-order valence-electron chi connectivity index (χ1n) is 9.52. The predicted octanol–water partition coefficient (Wildman–Crippen LogP) is 2.50. The molecule has 1 heterocycles. The van der Waals surface area contributed by atoms with Gasteiger partial charge in [0.25, 0.3) is 0 Å². The van der Waals surface area contributed by atoms with Gasteiger partial charge in [0.05, 0.1) is 20.3 Å². The number of benzene rings is 1. The lowest BCUT2D eigenvalue weighted by Gasteiger charge is -2.22. The molecule has 2 rings (SSSR count). The average molecular weight is 364 g/mol. The van der Waals surface area contributed by atoms with Gasteiger partial charge in [0, 0.05) is 45.8 Å². The van der Waals surface area contributed by atoms with Gasteiger partial charge in [0.1, 0.15) is 5.75 Å². The second kappa shape index (κ2) is 11.8. The zero-order chi connectivity index (χ0) is 18.6. The van der Waals surface area contributed by atoms with E-state index in [9.17, 15) is 0 Å². The molecular weight excluding hydrogens is 330 g/mol. The standard InChI is InChI=1S/C20H33N3O3/c1-4-21-20(22-11-5-13-26-15-14-24-2)23-12-10-18(16-23)17-6-8-19(25-3)9-7-17/h6-9,18H,4-5,10-16H2,1-3H3,(H,21,22). The van der Waals surface area contributed by atoms with Gasteiger partial charge in [0.15, 0.2) is 5.96 Å². The normalized spacial score (nSPS) is 17.6. The number of aliphatic imine (C=N–C) groups is 1. The van der Waals surface area contributed by atoms with Crippen LogP contribution in [0.2, 0.25) is 0 Å². The number of likely N-dealkylation sites (tertiary alicyclic amines) is 1. The first-order valence-corrected chi connectivity index (χ1v) is 9.52. The van der Waals surface area contributed by atoms with Crippen molar-refractivity contribution in [1.82, 2.24) is 10.2 Å². The van der Waals surface area contributed by atoms with E-state index < -0.39 is 0 Å². The number of hydrogen-bond donors (Lipinski definition) is 1. The molecule has 1 aromatic rings. The lowest BCUT2D eigenvalue weighted by atomic mass is 9.98. The minimum atomic E-state index is 0.544. The molecule has 6 nitrogen and oxygen atoms in total. The Hall–Kier alpha value is -1.79. The van der Waals surface area contributed by atoms with Crippen LogP contribution in [0.1, 0.15) is 31.2 Å². The smallest absolute Gasteiger partial charge is 0.193 e. The van der Waals surface area contributed by atoms with Crippen molar-refractivity contribution in [2.75, 3.05) is 60.2 Å². The van der Waals surface area contributed by atoms with Gasteiger partial charge < -0.3 is 24.4 Å². The summed E-state index contributed by atoms with van der Waals surface area (Å²) in [5.41, 5.74) is 1.37. The zero-order valence-corrected chi connectivity index (χ0v) is 16.4. The Balaban J connectivity index is 1.82. The molecule has 1 saturated heterocycles. The van der Waals surface area contributed by atoms with Crippen LogP contribution in [0.25, 0.3) is 0 Å². The molecule has 1 unspecified atom stereocenters. The summed E-state index contributed by atoms with van der Waals surface area (Å²) in [5.74, 6) is 2.47. The maximum absolute atomic E-state index is 5.50. The fourth-order valence-electron chi connectivity index (χ4n) is 3.12. The number of nitrogens with one attached hydrogen (secondary N) is 1. The van der Waals surface area contributed by atoms with Crippen LogP contribution < -0.4 is 10.1 Å². The number of ether oxygens (including phenoxy) is 3. The van der Waals surface area contributed by atoms with E-state index in [1.54, 1.807) is 14.2 Å². The Morgan fingerprint density at radius 2 is 2.00 bits per heavy atom. The van der Waals surface area contributed by atoms with Crippen molar-refractivity contribution in [3.8, 4) is 5.75 Å². The summed E-state index contributed by atoms with van der Waals surface area (Å²) < 4.78 is 15.7. The van der Waals surface area contributed by atoms with Crippen molar-refractivity contribution in [2.45, 2.75) is 25.7 Å². The molecule has 0 aliphatic carbocycles. The minimum absolute atomic E-state index is 0.544. The van der Waals surface area contributed by atoms with E-state index >= 15 is 0 Å². The maximum Gasteiger partial charge on any atom is 0.193 e. The van der Waals surface area contributed by atoms with Crippen molar-refractivity contribution >= 4 is 5.96 Å². The van der Waals surface area contributed by atoms with Crippen molar-refractivity contribution in [2.24, 2.45) is 4.99 Å². The van der Waals surface area contributed by atoms with Crippen molar-refractivity contribution < 1.29 is 14.2 Å². The quantitative estimate of drug-likeness (QED) is 0.393. The number of rotatable bonds is 10. The summed E-state index contributed by atoms with van der Waals surface area (Å²) in [6.45, 7) is 7.82. The summed E-state index contributed by atoms with van der Waals surface area (Å²) in [6.07, 6.45) is 2.07. The van der Waals surface area contributed by atoms with Gasteiger partial charge in [0.2, 0.25) is 0 Å². The predicted molar refractivity (Wildman–Crippen MR) is 105 cm³/mol. The lowest BCUT2D eigenvalue weighted by Crippen LogP contribution is -2.40. The Bertz CT molecular complexity index is 534. The average Bonchev–Trinajstić information content (AvgIpc) is 3.16. The third kappa shape index (κ3) is 6.50. The molecular formula is C20H33N3O3. The summed E-state index contributed by atoms with van der Waals surface area (Å²) in [6, 6.07) is 8.44. The molecule has 0 radical (unpaired) electrons. The lowest BCUT2D eigenvalue weighted by molar-refractivity contribution is 0.0702. The van der Waals surface area contributed by atoms with E-state index in [0.29, 0.717) is 19.1 Å². The monoisotopic (exact) mass is 363 g/mol. The molecule has 1 aromatic carbocycles. The first kappa shape index (κ1) is 20.5. The summed E-state index contributed by atoms with van der Waals surface area (Å²) in [7, 11) is 3.39. The zero-order valence-electron chi connectivity index (χ0n) is 16.4. The SMILES string of the molecule is CCNC(=NCCCOCCOC)N1CCC(c2ccc(OC)cc2)C1. The van der Waals surface area contributed by atoms with Gasteiger partial charge in [-0.25, -0.2) is 0 Å². The largest absolute Gasteiger partial charge is 0.497 e. The summed E-state index contributed by atoms with van der Waals surface area (Å²) in [5, 5.41) is 3.42. The molecule has 1 fully saturated rings. The molecule has 0 saturated carbocycles. The maximum atomic E-state index is 5.50. The fraction of sp³-hybridized carbons (Fsp3) is 0.650. The summed E-state index contributed by atoms with van der Waals surface area (Å²) in [4.78, 5) is 7.13. The van der Waals surface area contributed by atoms with Crippen molar-refractivity contribution in [3.05, 3.63) is 29.8 Å². The molecule has 1 aliphatic rings. The van der Waals surface area contributed by atoms with Crippen LogP contribution >= 0.6 is 0 Å². The summed E-state index contributed by atoms with van der Waals surface area (Å²) >= 11 is 0. The minimum Gasteiger partial charge on any atom is -0.497 e. The van der Waals surface area contributed by atoms with Crippen LogP contribution in [0.3, 0.4) is 0 Å². The topological polar surface area (TPSA) is 55.3 Å². The fourth-order valence-corrected chi connectivity index (χ4v) is 3.12. The highest BCUT2D eigenvalue weighted by Crippen LogP contribution is 2.28. The van der Waals surface area contributed by atoms with Crippen molar-refractivity contribution in [1.29, 1.82) is 0 Å². The van der Waals surface area contributed by atoms with E-state index in [1.807, 2.05) is 12.1 Å². The van der Waals surface area contributed by atoms with Crippen LogP contribution in [0.5, 0.6) is 5.75 Å².